The number of nitrogens with zero attached hydrogens (tertiary/aromatic N) is 2. The molecule has 0 spiro atoms. The van der Waals surface area contributed by atoms with Crippen LogP contribution in [0.5, 0.6) is 0 Å². The summed E-state index contributed by atoms with van der Waals surface area (Å²) in [7, 11) is 0. The molecular formula is C14H16N2O. The molecule has 1 heterocycles. The molecule has 3 unspecified atom stereocenters. The first-order chi connectivity index (χ1) is 8.24. The fourth-order valence-electron chi connectivity index (χ4n) is 2.64. The zero-order chi connectivity index (χ0) is 12.3. The lowest BCUT2D eigenvalue weighted by Gasteiger charge is -2.17. The third-order valence-corrected chi connectivity index (χ3v) is 3.68. The Bertz CT molecular complexity index is 435. The number of rotatable bonds is 3. The second-order valence-electron chi connectivity index (χ2n) is 4.76. The van der Waals surface area contributed by atoms with E-state index >= 15 is 0 Å². The second-order valence-corrected chi connectivity index (χ2v) is 4.76. The monoisotopic (exact) mass is 228 g/mol. The normalized spacial score (nSPS) is 25.2. The average Bonchev–Trinajstić information content (AvgIpc) is 2.77. The van der Waals surface area contributed by atoms with Crippen molar-refractivity contribution in [3.8, 4) is 6.07 Å². The molecule has 88 valence electrons. The van der Waals surface area contributed by atoms with Crippen LogP contribution >= 0.6 is 0 Å². The van der Waals surface area contributed by atoms with Crippen LogP contribution in [0.3, 0.4) is 0 Å². The summed E-state index contributed by atoms with van der Waals surface area (Å²) in [6.07, 6.45) is 6.40. The molecule has 1 aromatic rings. The van der Waals surface area contributed by atoms with E-state index in [0.717, 1.165) is 24.8 Å². The van der Waals surface area contributed by atoms with Crippen molar-refractivity contribution < 1.29 is 4.79 Å². The molecule has 1 saturated carbocycles. The van der Waals surface area contributed by atoms with Gasteiger partial charge >= 0.3 is 0 Å². The number of carbonyl (C=O) groups excluding carboxylic acids is 1. The van der Waals surface area contributed by atoms with Crippen molar-refractivity contribution in [2.45, 2.75) is 32.1 Å². The minimum absolute atomic E-state index is 0.0628. The lowest BCUT2D eigenvalue weighted by atomic mass is 9.84. The van der Waals surface area contributed by atoms with E-state index in [2.05, 4.69) is 18.0 Å². The van der Waals surface area contributed by atoms with Gasteiger partial charge in [-0.15, -0.1) is 0 Å². The van der Waals surface area contributed by atoms with Crippen molar-refractivity contribution in [3.63, 3.8) is 0 Å². The average molecular weight is 228 g/mol. The van der Waals surface area contributed by atoms with E-state index in [1.165, 1.54) is 0 Å². The van der Waals surface area contributed by atoms with Gasteiger partial charge in [0.15, 0.2) is 5.78 Å². The van der Waals surface area contributed by atoms with Gasteiger partial charge in [0.1, 0.15) is 5.92 Å². The van der Waals surface area contributed by atoms with Crippen molar-refractivity contribution in [2.75, 3.05) is 0 Å². The van der Waals surface area contributed by atoms with Crippen molar-refractivity contribution in [1.82, 2.24) is 4.98 Å². The van der Waals surface area contributed by atoms with E-state index in [4.69, 9.17) is 0 Å². The van der Waals surface area contributed by atoms with Crippen LogP contribution < -0.4 is 0 Å². The molecule has 1 aliphatic carbocycles. The third-order valence-electron chi connectivity index (χ3n) is 3.68. The van der Waals surface area contributed by atoms with Gasteiger partial charge in [0.05, 0.1) is 6.07 Å². The highest BCUT2D eigenvalue weighted by atomic mass is 16.1. The van der Waals surface area contributed by atoms with Crippen LogP contribution in [0.1, 0.15) is 37.7 Å². The number of Topliss-reactive ketones (excluding diaryl/α,β-unsaturated/α-hetero) is 1. The molecule has 0 N–H and O–H groups in total. The molecule has 2 rings (SSSR count). The van der Waals surface area contributed by atoms with Crippen LogP contribution in [0, 0.1) is 23.2 Å². The molecule has 0 aliphatic heterocycles. The number of aromatic nitrogens is 1. The highest BCUT2D eigenvalue weighted by molar-refractivity contribution is 5.90. The summed E-state index contributed by atoms with van der Waals surface area (Å²) >= 11 is 0. The molecule has 17 heavy (non-hydrogen) atoms. The van der Waals surface area contributed by atoms with Gasteiger partial charge in [0, 0.05) is 18.3 Å². The second kappa shape index (κ2) is 5.09. The third kappa shape index (κ3) is 2.36. The molecule has 0 aromatic carbocycles. The maximum absolute atomic E-state index is 12.3. The van der Waals surface area contributed by atoms with Gasteiger partial charge in [0.25, 0.3) is 0 Å². The lowest BCUT2D eigenvalue weighted by Crippen LogP contribution is -2.23. The maximum atomic E-state index is 12.3. The molecule has 0 radical (unpaired) electrons. The predicted octanol–water partition coefficient (Wildman–Crippen LogP) is 2.69. The number of carbonyl (C=O) groups is 1. The van der Waals surface area contributed by atoms with E-state index in [-0.39, 0.29) is 11.7 Å². The fraction of sp³-hybridized carbons (Fsp3) is 0.500. The Balaban J connectivity index is 2.20. The number of hydrogen-bond donors (Lipinski definition) is 0. The molecule has 1 aliphatic rings. The molecule has 0 bridgehead atoms. The summed E-state index contributed by atoms with van der Waals surface area (Å²) in [6.45, 7) is 2.11. The Hall–Kier alpha value is -1.69. The van der Waals surface area contributed by atoms with Crippen molar-refractivity contribution in [2.24, 2.45) is 11.8 Å². The highest BCUT2D eigenvalue weighted by Crippen LogP contribution is 2.35. The molecular weight excluding hydrogens is 212 g/mol. The van der Waals surface area contributed by atoms with Gasteiger partial charge < -0.3 is 0 Å². The largest absolute Gasteiger partial charge is 0.298 e. The Kier molecular flexibility index (Phi) is 3.53. The van der Waals surface area contributed by atoms with Gasteiger partial charge in [-0.3, -0.25) is 9.78 Å². The summed E-state index contributed by atoms with van der Waals surface area (Å²) in [5.74, 6) is -0.0553. The van der Waals surface area contributed by atoms with Crippen molar-refractivity contribution in [1.29, 1.82) is 5.26 Å². The zero-order valence-electron chi connectivity index (χ0n) is 9.97. The quantitative estimate of drug-likeness (QED) is 0.799. The van der Waals surface area contributed by atoms with Crippen LogP contribution in [-0.2, 0) is 4.79 Å². The molecule has 3 heteroatoms. The lowest BCUT2D eigenvalue weighted by molar-refractivity contribution is -0.124. The number of nitriles is 1. The van der Waals surface area contributed by atoms with Crippen molar-refractivity contribution >= 4 is 5.78 Å². The molecule has 1 aromatic heterocycles. The Morgan fingerprint density at radius 3 is 2.71 bits per heavy atom. The van der Waals surface area contributed by atoms with E-state index < -0.39 is 5.92 Å². The minimum atomic E-state index is -0.622. The summed E-state index contributed by atoms with van der Waals surface area (Å²) in [4.78, 5) is 16.3. The first kappa shape index (κ1) is 11.8. The zero-order valence-corrected chi connectivity index (χ0v) is 9.97. The Labute approximate surface area is 101 Å². The van der Waals surface area contributed by atoms with E-state index in [1.54, 1.807) is 24.5 Å². The fourth-order valence-corrected chi connectivity index (χ4v) is 2.64. The van der Waals surface area contributed by atoms with Crippen LogP contribution in [0.25, 0.3) is 0 Å². The summed E-state index contributed by atoms with van der Waals surface area (Å²) < 4.78 is 0. The molecule has 3 atom stereocenters. The van der Waals surface area contributed by atoms with Gasteiger partial charge in [-0.1, -0.05) is 13.3 Å². The number of hydrogen-bond acceptors (Lipinski definition) is 3. The molecule has 0 amide bonds. The SMILES string of the molecule is CC1CCCC1C(=O)C(C#N)c1ccncc1. The molecule has 3 nitrogen and oxygen atoms in total. The van der Waals surface area contributed by atoms with Crippen LogP contribution in [0.15, 0.2) is 24.5 Å². The van der Waals surface area contributed by atoms with E-state index in [9.17, 15) is 10.1 Å². The van der Waals surface area contributed by atoms with Gasteiger partial charge in [-0.2, -0.15) is 5.26 Å². The molecule has 0 saturated heterocycles. The Morgan fingerprint density at radius 2 is 2.18 bits per heavy atom. The number of ketones is 1. The predicted molar refractivity (Wildman–Crippen MR) is 64.1 cm³/mol. The summed E-state index contributed by atoms with van der Waals surface area (Å²) in [5, 5.41) is 9.21. The maximum Gasteiger partial charge on any atom is 0.157 e. The van der Waals surface area contributed by atoms with Crippen LogP contribution in [0.4, 0.5) is 0 Å². The highest BCUT2D eigenvalue weighted by Gasteiger charge is 2.34. The van der Waals surface area contributed by atoms with Crippen molar-refractivity contribution in [3.05, 3.63) is 30.1 Å². The molecule has 1 fully saturated rings. The Morgan fingerprint density at radius 1 is 1.47 bits per heavy atom. The number of pyridine rings is 1. The van der Waals surface area contributed by atoms with Crippen LogP contribution in [0.2, 0.25) is 0 Å². The first-order valence-corrected chi connectivity index (χ1v) is 6.07. The summed E-state index contributed by atoms with van der Waals surface area (Å²) in [6, 6.07) is 5.65. The minimum Gasteiger partial charge on any atom is -0.298 e. The standard InChI is InChI=1S/C14H16N2O/c1-10-3-2-4-12(10)14(17)13(9-15)11-5-7-16-8-6-11/h5-8,10,12-13H,2-4H2,1H3. The van der Waals surface area contributed by atoms with E-state index in [0.29, 0.717) is 5.92 Å². The van der Waals surface area contributed by atoms with Gasteiger partial charge in [-0.05, 0) is 36.5 Å². The smallest absolute Gasteiger partial charge is 0.157 e. The first-order valence-electron chi connectivity index (χ1n) is 6.07. The van der Waals surface area contributed by atoms with E-state index in [1.807, 2.05) is 0 Å². The van der Waals surface area contributed by atoms with Crippen LogP contribution in [-0.4, -0.2) is 10.8 Å². The van der Waals surface area contributed by atoms with Gasteiger partial charge in [0.2, 0.25) is 0 Å². The topological polar surface area (TPSA) is 53.8 Å². The summed E-state index contributed by atoms with van der Waals surface area (Å²) in [5.41, 5.74) is 0.770. The van der Waals surface area contributed by atoms with Gasteiger partial charge in [-0.25, -0.2) is 0 Å².